The number of anilines is 1. The number of nitrogens with two attached hydrogens (primary N) is 2. The van der Waals surface area contributed by atoms with E-state index in [9.17, 15) is 18.0 Å². The molecule has 1 rings (SSSR count). The van der Waals surface area contributed by atoms with Crippen LogP contribution in [0.15, 0.2) is 17.0 Å². The Kier molecular flexibility index (Phi) is 12.4. The lowest BCUT2D eigenvalue weighted by atomic mass is 10.1. The fourth-order valence-corrected chi connectivity index (χ4v) is 3.47. The Bertz CT molecular complexity index is 807. The molecule has 0 radical (unpaired) electrons. The molecule has 9 nitrogen and oxygen atoms in total. The third-order valence-electron chi connectivity index (χ3n) is 3.72. The normalized spacial score (nSPS) is 11.9. The molecular formula is C17H27BrClN3O6S. The van der Waals surface area contributed by atoms with Crippen LogP contribution in [0.5, 0.6) is 0 Å². The minimum Gasteiger partial charge on any atom is -0.465 e. The van der Waals surface area contributed by atoms with Crippen LogP contribution in [0, 0.1) is 0 Å². The Hall–Kier alpha value is -1.40. The number of hydrogen-bond donors (Lipinski definition) is 3. The predicted molar refractivity (Wildman–Crippen MR) is 116 cm³/mol. The zero-order chi connectivity index (χ0) is 21.3. The molecule has 0 fully saturated rings. The number of hydrogen-bond acceptors (Lipinski definition) is 8. The van der Waals surface area contributed by atoms with Crippen LogP contribution in [0.25, 0.3) is 0 Å². The number of primary sulfonamides is 1. The van der Waals surface area contributed by atoms with E-state index in [1.807, 2.05) is 0 Å². The number of carbonyl (C=O) groups excluding carboxylic acids is 2. The maximum atomic E-state index is 12.2. The molecule has 0 spiro atoms. The maximum absolute atomic E-state index is 12.2. The number of rotatable bonds is 11. The average molecular weight is 517 g/mol. The second kappa shape index (κ2) is 13.0. The first kappa shape index (κ1) is 27.6. The summed E-state index contributed by atoms with van der Waals surface area (Å²) < 4.78 is 33.1. The topological polar surface area (TPSA) is 151 Å². The van der Waals surface area contributed by atoms with E-state index in [2.05, 4.69) is 5.32 Å². The van der Waals surface area contributed by atoms with Gasteiger partial charge in [0.15, 0.2) is 0 Å². The van der Waals surface area contributed by atoms with Crippen molar-refractivity contribution in [3.63, 3.8) is 0 Å². The Morgan fingerprint density at radius 2 is 1.79 bits per heavy atom. The maximum Gasteiger partial charge on any atom is 0.340 e. The van der Waals surface area contributed by atoms with E-state index >= 15 is 0 Å². The van der Waals surface area contributed by atoms with Gasteiger partial charge in [-0.05, 0) is 45.2 Å². The number of sulfonamides is 1. The molecule has 0 aromatic heterocycles. The van der Waals surface area contributed by atoms with Gasteiger partial charge in [0.05, 0.1) is 29.5 Å². The van der Waals surface area contributed by atoms with E-state index in [1.54, 1.807) is 13.8 Å². The lowest BCUT2D eigenvalue weighted by molar-refractivity contribution is -0.144. The van der Waals surface area contributed by atoms with Gasteiger partial charge >= 0.3 is 11.9 Å². The number of ether oxygens (including phenoxy) is 2. The number of esters is 2. The molecule has 0 unspecified atom stereocenters. The second-order valence-electron chi connectivity index (χ2n) is 5.87. The summed E-state index contributed by atoms with van der Waals surface area (Å²) in [5, 5.41) is 8.04. The van der Waals surface area contributed by atoms with Gasteiger partial charge in [-0.15, -0.1) is 17.0 Å². The van der Waals surface area contributed by atoms with Crippen molar-refractivity contribution in [3.8, 4) is 0 Å². The van der Waals surface area contributed by atoms with Gasteiger partial charge in [0.2, 0.25) is 10.0 Å². The highest BCUT2D eigenvalue weighted by atomic mass is 79.9. The van der Waals surface area contributed by atoms with Crippen molar-refractivity contribution in [3.05, 3.63) is 22.7 Å². The Labute approximate surface area is 186 Å². The monoisotopic (exact) mass is 515 g/mol. The molecule has 0 aliphatic carbocycles. The van der Waals surface area contributed by atoms with Crippen LogP contribution in [-0.2, 0) is 24.3 Å². The molecule has 166 valence electrons. The molecule has 1 aromatic carbocycles. The first-order chi connectivity index (χ1) is 13.1. The quantitative estimate of drug-likeness (QED) is 0.299. The number of carbonyl (C=O) groups is 2. The third kappa shape index (κ3) is 8.87. The van der Waals surface area contributed by atoms with Crippen LogP contribution in [-0.4, -0.2) is 46.2 Å². The number of nitrogens with one attached hydrogen (secondary N) is 1. The smallest absolute Gasteiger partial charge is 0.340 e. The Balaban J connectivity index is 0.00000784. The van der Waals surface area contributed by atoms with Crippen molar-refractivity contribution in [1.82, 2.24) is 0 Å². The summed E-state index contributed by atoms with van der Waals surface area (Å²) in [5.74, 6) is -1.14. The summed E-state index contributed by atoms with van der Waals surface area (Å²) in [6.45, 7) is 4.18. The zero-order valence-corrected chi connectivity index (χ0v) is 19.6. The van der Waals surface area contributed by atoms with Gasteiger partial charge in [-0.3, -0.25) is 4.79 Å². The molecule has 1 atom stereocenters. The summed E-state index contributed by atoms with van der Waals surface area (Å²) in [6, 6.07) is 1.73. The highest BCUT2D eigenvalue weighted by Gasteiger charge is 2.21. The summed E-state index contributed by atoms with van der Waals surface area (Å²) >= 11 is 5.99. The van der Waals surface area contributed by atoms with Gasteiger partial charge in [0, 0.05) is 6.54 Å². The summed E-state index contributed by atoms with van der Waals surface area (Å²) in [6.07, 6.45) is 1.74. The van der Waals surface area contributed by atoms with Crippen molar-refractivity contribution >= 4 is 56.2 Å². The first-order valence-electron chi connectivity index (χ1n) is 8.81. The zero-order valence-electron chi connectivity index (χ0n) is 16.3. The highest BCUT2D eigenvalue weighted by Crippen LogP contribution is 2.29. The van der Waals surface area contributed by atoms with Crippen molar-refractivity contribution in [2.75, 3.05) is 25.1 Å². The van der Waals surface area contributed by atoms with Crippen LogP contribution >= 0.6 is 28.6 Å². The van der Waals surface area contributed by atoms with Crippen LogP contribution in [0.1, 0.15) is 43.5 Å². The van der Waals surface area contributed by atoms with Crippen molar-refractivity contribution in [1.29, 1.82) is 0 Å². The second-order valence-corrected chi connectivity index (χ2v) is 7.81. The predicted octanol–water partition coefficient (Wildman–Crippen LogP) is 2.21. The lowest BCUT2D eigenvalue weighted by Crippen LogP contribution is -2.32. The van der Waals surface area contributed by atoms with Crippen molar-refractivity contribution in [2.24, 2.45) is 10.9 Å². The highest BCUT2D eigenvalue weighted by molar-refractivity contribution is 8.93. The standard InChI is InChI=1S/C17H26ClN3O6S.BrH/c1-3-26-16(22)11-9-15(28(20,24)25)12(18)10-14(11)21-8-6-5-7-13(19)17(23)27-4-2;/h9-10,13,21H,3-8,19H2,1-2H3,(H2,20,24,25);1H/t13-;/m0./s1. The average Bonchev–Trinajstić information content (AvgIpc) is 2.60. The number of halogens is 2. The van der Waals surface area contributed by atoms with Gasteiger partial charge in [-0.2, -0.15) is 0 Å². The molecule has 0 amide bonds. The molecule has 5 N–H and O–H groups in total. The fourth-order valence-electron chi connectivity index (χ4n) is 2.37. The minimum absolute atomic E-state index is 0. The fraction of sp³-hybridized carbons (Fsp3) is 0.529. The van der Waals surface area contributed by atoms with Crippen molar-refractivity contribution < 1.29 is 27.5 Å². The van der Waals surface area contributed by atoms with E-state index in [1.165, 1.54) is 6.07 Å². The van der Waals surface area contributed by atoms with Gasteiger partial charge in [-0.1, -0.05) is 11.6 Å². The Morgan fingerprint density at radius 3 is 2.34 bits per heavy atom. The first-order valence-corrected chi connectivity index (χ1v) is 10.7. The van der Waals surface area contributed by atoms with E-state index in [4.69, 9.17) is 31.9 Å². The van der Waals surface area contributed by atoms with Crippen LogP contribution < -0.4 is 16.2 Å². The minimum atomic E-state index is -4.10. The molecule has 0 saturated heterocycles. The molecule has 0 heterocycles. The largest absolute Gasteiger partial charge is 0.465 e. The van der Waals surface area contributed by atoms with Crippen LogP contribution in [0.3, 0.4) is 0 Å². The SMILES string of the molecule is Br.CCOC(=O)c1cc(S(N)(=O)=O)c(Cl)cc1NCCCC[C@H](N)C(=O)OCC. The molecule has 0 saturated carbocycles. The molecule has 29 heavy (non-hydrogen) atoms. The number of unbranched alkanes of at least 4 members (excludes halogenated alkanes) is 1. The molecular weight excluding hydrogens is 490 g/mol. The van der Waals surface area contributed by atoms with Crippen LogP contribution in [0.2, 0.25) is 5.02 Å². The van der Waals surface area contributed by atoms with E-state index in [-0.39, 0.29) is 45.7 Å². The molecule has 0 bridgehead atoms. The molecule has 0 aliphatic heterocycles. The number of benzene rings is 1. The molecule has 1 aromatic rings. The third-order valence-corrected chi connectivity index (χ3v) is 5.10. The van der Waals surface area contributed by atoms with E-state index in [0.29, 0.717) is 31.5 Å². The van der Waals surface area contributed by atoms with E-state index in [0.717, 1.165) is 6.07 Å². The van der Waals surface area contributed by atoms with E-state index < -0.39 is 28.0 Å². The van der Waals surface area contributed by atoms with Gasteiger partial charge in [0.1, 0.15) is 10.9 Å². The van der Waals surface area contributed by atoms with Crippen LogP contribution in [0.4, 0.5) is 5.69 Å². The Morgan fingerprint density at radius 1 is 1.17 bits per heavy atom. The summed E-state index contributed by atoms with van der Waals surface area (Å²) in [4.78, 5) is 23.3. The molecule has 12 heteroatoms. The lowest BCUT2D eigenvalue weighted by Gasteiger charge is -2.14. The molecule has 0 aliphatic rings. The summed E-state index contributed by atoms with van der Waals surface area (Å²) in [7, 11) is -4.10. The van der Waals surface area contributed by atoms with Gasteiger partial charge in [0.25, 0.3) is 0 Å². The van der Waals surface area contributed by atoms with Crippen molar-refractivity contribution in [2.45, 2.75) is 44.0 Å². The van der Waals surface area contributed by atoms with Gasteiger partial charge < -0.3 is 20.5 Å². The van der Waals surface area contributed by atoms with Gasteiger partial charge in [-0.25, -0.2) is 18.4 Å². The summed E-state index contributed by atoms with van der Waals surface area (Å²) in [5.41, 5.74) is 6.07.